The lowest BCUT2D eigenvalue weighted by atomic mass is 10.3. The van der Waals surface area contributed by atoms with Crippen LogP contribution >= 0.6 is 11.6 Å². The predicted octanol–water partition coefficient (Wildman–Crippen LogP) is 4.34. The van der Waals surface area contributed by atoms with Crippen LogP contribution in [0.4, 0.5) is 29.0 Å². The molecule has 4 rings (SSSR count). The number of anilines is 5. The molecule has 0 aliphatic carbocycles. The Labute approximate surface area is 204 Å². The summed E-state index contributed by atoms with van der Waals surface area (Å²) in [7, 11) is -3.50. The molecule has 3 aromatic rings. The average Bonchev–Trinajstić information content (AvgIpc) is 2.83. The summed E-state index contributed by atoms with van der Waals surface area (Å²) in [5.74, 6) is 1.50. The smallest absolute Gasteiger partial charge is 0.229 e. The summed E-state index contributed by atoms with van der Waals surface area (Å²) >= 11 is 6.32. The van der Waals surface area contributed by atoms with Gasteiger partial charge in [0.25, 0.3) is 0 Å². The largest absolute Gasteiger partial charge is 0.378 e. The maximum absolute atomic E-state index is 12.8. The second-order valence-corrected chi connectivity index (χ2v) is 11.0. The molecular weight excluding hydrogens is 476 g/mol. The van der Waals surface area contributed by atoms with E-state index >= 15 is 0 Å². The van der Waals surface area contributed by atoms with E-state index in [0.717, 1.165) is 30.3 Å². The minimum atomic E-state index is -3.50. The van der Waals surface area contributed by atoms with Crippen LogP contribution in [0.3, 0.4) is 0 Å². The molecule has 0 radical (unpaired) electrons. The summed E-state index contributed by atoms with van der Waals surface area (Å²) in [5.41, 5.74) is 1.95. The van der Waals surface area contributed by atoms with Crippen molar-refractivity contribution in [2.75, 3.05) is 41.8 Å². The summed E-state index contributed by atoms with van der Waals surface area (Å²) in [4.78, 5) is 15.8. The Hall–Kier alpha value is -2.95. The summed E-state index contributed by atoms with van der Waals surface area (Å²) in [5, 5.41) is 5.93. The normalized spacial score (nSPS) is 14.3. The summed E-state index contributed by atoms with van der Waals surface area (Å²) in [6.07, 6.45) is 1.46. The lowest BCUT2D eigenvalue weighted by Crippen LogP contribution is -2.36. The molecule has 2 N–H and O–H groups in total. The van der Waals surface area contributed by atoms with E-state index in [0.29, 0.717) is 30.7 Å². The molecule has 0 bridgehead atoms. The quantitative estimate of drug-likeness (QED) is 0.487. The van der Waals surface area contributed by atoms with E-state index < -0.39 is 15.1 Å². The van der Waals surface area contributed by atoms with E-state index in [2.05, 4.69) is 25.5 Å². The molecule has 1 aromatic carbocycles. The Balaban J connectivity index is 1.57. The zero-order valence-corrected chi connectivity index (χ0v) is 20.8. The van der Waals surface area contributed by atoms with Crippen LogP contribution in [0.5, 0.6) is 0 Å². The third-order valence-corrected chi connectivity index (χ3v) is 7.95. The number of rotatable bonds is 7. The molecule has 3 heterocycles. The van der Waals surface area contributed by atoms with Gasteiger partial charge in [-0.05, 0) is 45.0 Å². The zero-order chi connectivity index (χ0) is 24.3. The van der Waals surface area contributed by atoms with Crippen molar-refractivity contribution in [3.63, 3.8) is 0 Å². The number of hydrogen-bond donors (Lipinski definition) is 2. The van der Waals surface area contributed by atoms with Gasteiger partial charge in [0.2, 0.25) is 5.95 Å². The molecule has 1 aliphatic heterocycles. The fraction of sp³-hybridized carbons (Fsp3) is 0.348. The molecule has 180 valence electrons. The van der Waals surface area contributed by atoms with Crippen molar-refractivity contribution >= 4 is 50.4 Å². The van der Waals surface area contributed by atoms with Crippen molar-refractivity contribution in [2.24, 2.45) is 0 Å². The minimum absolute atomic E-state index is 0.188. The number of sulfone groups is 1. The zero-order valence-electron chi connectivity index (χ0n) is 19.2. The van der Waals surface area contributed by atoms with Gasteiger partial charge in [0, 0.05) is 13.1 Å². The molecular formula is C23H27ClN6O3S. The van der Waals surface area contributed by atoms with Crippen LogP contribution in [-0.2, 0) is 14.6 Å². The van der Waals surface area contributed by atoms with Gasteiger partial charge in [-0.3, -0.25) is 0 Å². The van der Waals surface area contributed by atoms with Crippen molar-refractivity contribution in [1.29, 1.82) is 0 Å². The number of nitrogens with one attached hydrogen (secondary N) is 2. The van der Waals surface area contributed by atoms with Crippen LogP contribution in [-0.4, -0.2) is 54.9 Å². The van der Waals surface area contributed by atoms with Crippen LogP contribution in [0.1, 0.15) is 19.5 Å². The monoisotopic (exact) mass is 502 g/mol. The van der Waals surface area contributed by atoms with Gasteiger partial charge in [0.1, 0.15) is 10.8 Å². The Bertz CT molecular complexity index is 1280. The van der Waals surface area contributed by atoms with E-state index in [9.17, 15) is 8.42 Å². The van der Waals surface area contributed by atoms with E-state index in [4.69, 9.17) is 21.3 Å². The van der Waals surface area contributed by atoms with Gasteiger partial charge < -0.3 is 20.3 Å². The Morgan fingerprint density at radius 1 is 1.03 bits per heavy atom. The van der Waals surface area contributed by atoms with Gasteiger partial charge in [-0.1, -0.05) is 23.7 Å². The molecule has 1 fully saturated rings. The molecule has 0 amide bonds. The van der Waals surface area contributed by atoms with Gasteiger partial charge in [0.15, 0.2) is 15.7 Å². The third kappa shape index (κ3) is 5.24. The lowest BCUT2D eigenvalue weighted by molar-refractivity contribution is 0.122. The standard InChI is InChI=1S/C23H27ClN6O3S/c1-15(2)34(31,32)20-7-5-4-6-19(20)27-22-17(24)14-25-23(29-22)28-18-8-9-21(26-16(18)3)30-10-12-33-13-11-30/h4-9,14-15H,10-13H2,1-3H3,(H2,25,27,28,29). The Kier molecular flexibility index (Phi) is 7.20. The molecule has 0 unspecified atom stereocenters. The topological polar surface area (TPSA) is 109 Å². The first-order chi connectivity index (χ1) is 16.3. The van der Waals surface area contributed by atoms with Crippen molar-refractivity contribution in [2.45, 2.75) is 30.9 Å². The van der Waals surface area contributed by atoms with Crippen molar-refractivity contribution < 1.29 is 13.2 Å². The van der Waals surface area contributed by atoms with Gasteiger partial charge in [-0.25, -0.2) is 18.4 Å². The highest BCUT2D eigenvalue weighted by Gasteiger charge is 2.23. The first kappa shape index (κ1) is 24.2. The second kappa shape index (κ2) is 10.1. The first-order valence-electron chi connectivity index (χ1n) is 11.0. The number of aromatic nitrogens is 3. The SMILES string of the molecule is Cc1nc(N2CCOCC2)ccc1Nc1ncc(Cl)c(Nc2ccccc2S(=O)(=O)C(C)C)n1. The molecule has 1 saturated heterocycles. The number of benzene rings is 1. The lowest BCUT2D eigenvalue weighted by Gasteiger charge is -2.28. The fourth-order valence-electron chi connectivity index (χ4n) is 3.48. The van der Waals surface area contributed by atoms with Gasteiger partial charge in [-0.2, -0.15) is 4.98 Å². The molecule has 34 heavy (non-hydrogen) atoms. The van der Waals surface area contributed by atoms with Gasteiger partial charge in [0.05, 0.1) is 46.6 Å². The summed E-state index contributed by atoms with van der Waals surface area (Å²) in [6.45, 7) is 8.20. The number of pyridine rings is 1. The maximum atomic E-state index is 12.8. The van der Waals surface area contributed by atoms with Crippen LogP contribution in [0.25, 0.3) is 0 Å². The molecule has 1 aliphatic rings. The average molecular weight is 503 g/mol. The first-order valence-corrected chi connectivity index (χ1v) is 12.9. The highest BCUT2D eigenvalue weighted by Crippen LogP contribution is 2.31. The van der Waals surface area contributed by atoms with Crippen LogP contribution in [0.2, 0.25) is 5.02 Å². The van der Waals surface area contributed by atoms with E-state index in [1.165, 1.54) is 6.20 Å². The maximum Gasteiger partial charge on any atom is 0.229 e. The van der Waals surface area contributed by atoms with E-state index in [-0.39, 0.29) is 9.92 Å². The number of para-hydroxylation sites is 1. The second-order valence-electron chi connectivity index (χ2n) is 8.13. The van der Waals surface area contributed by atoms with Crippen molar-refractivity contribution in [3.05, 3.63) is 53.3 Å². The number of morpholine rings is 1. The Morgan fingerprint density at radius 3 is 2.47 bits per heavy atom. The number of hydrogen-bond acceptors (Lipinski definition) is 9. The number of halogens is 1. The van der Waals surface area contributed by atoms with Crippen molar-refractivity contribution in [3.8, 4) is 0 Å². The van der Waals surface area contributed by atoms with Crippen LogP contribution < -0.4 is 15.5 Å². The highest BCUT2D eigenvalue weighted by molar-refractivity contribution is 7.92. The summed E-state index contributed by atoms with van der Waals surface area (Å²) < 4.78 is 31.0. The van der Waals surface area contributed by atoms with Crippen LogP contribution in [0, 0.1) is 6.92 Å². The highest BCUT2D eigenvalue weighted by atomic mass is 35.5. The van der Waals surface area contributed by atoms with Crippen molar-refractivity contribution in [1.82, 2.24) is 15.0 Å². The molecule has 9 nitrogen and oxygen atoms in total. The summed E-state index contributed by atoms with van der Waals surface area (Å²) in [6, 6.07) is 10.6. The van der Waals surface area contributed by atoms with Crippen LogP contribution in [0.15, 0.2) is 47.5 Å². The number of aryl methyl sites for hydroxylation is 1. The third-order valence-electron chi connectivity index (χ3n) is 5.46. The minimum Gasteiger partial charge on any atom is -0.378 e. The molecule has 11 heteroatoms. The van der Waals surface area contributed by atoms with E-state index in [1.54, 1.807) is 38.1 Å². The molecule has 0 spiro atoms. The van der Waals surface area contributed by atoms with Gasteiger partial charge >= 0.3 is 0 Å². The molecule has 0 atom stereocenters. The van der Waals surface area contributed by atoms with Gasteiger partial charge in [-0.15, -0.1) is 0 Å². The predicted molar refractivity (Wildman–Crippen MR) is 134 cm³/mol. The Morgan fingerprint density at radius 2 is 1.76 bits per heavy atom. The molecule has 0 saturated carbocycles. The molecule has 2 aromatic heterocycles. The fourth-order valence-corrected chi connectivity index (χ4v) is 4.82. The number of ether oxygens (including phenoxy) is 1. The van der Waals surface area contributed by atoms with E-state index in [1.807, 2.05) is 19.1 Å². The number of nitrogens with zero attached hydrogens (tertiary/aromatic N) is 4.